The molecule has 0 spiro atoms. The molecule has 1 aliphatic rings. The highest BCUT2D eigenvalue weighted by molar-refractivity contribution is 7.12. The number of piperidine rings is 1. The average molecular weight is 357 g/mol. The number of amides is 1. The van der Waals surface area contributed by atoms with Gasteiger partial charge in [-0.2, -0.15) is 0 Å². The Morgan fingerprint density at radius 2 is 1.76 bits per heavy atom. The van der Waals surface area contributed by atoms with Crippen molar-refractivity contribution in [3.63, 3.8) is 0 Å². The number of benzene rings is 1. The van der Waals surface area contributed by atoms with Crippen LogP contribution in [0.15, 0.2) is 41.8 Å². The van der Waals surface area contributed by atoms with Crippen molar-refractivity contribution in [3.05, 3.63) is 52.2 Å². The van der Waals surface area contributed by atoms with Crippen LogP contribution in [0.2, 0.25) is 0 Å². The van der Waals surface area contributed by atoms with Crippen molar-refractivity contribution in [2.45, 2.75) is 19.8 Å². The number of carbonyl (C=O) groups is 3. The molecule has 1 saturated heterocycles. The Balaban J connectivity index is 1.53. The van der Waals surface area contributed by atoms with Crippen LogP contribution in [0.25, 0.3) is 0 Å². The molecule has 130 valence electrons. The molecule has 1 aromatic heterocycles. The summed E-state index contributed by atoms with van der Waals surface area (Å²) in [6.45, 7) is 2.60. The van der Waals surface area contributed by atoms with Crippen molar-refractivity contribution in [1.29, 1.82) is 0 Å². The molecule has 1 fully saturated rings. The van der Waals surface area contributed by atoms with Crippen molar-refractivity contribution >= 4 is 29.0 Å². The van der Waals surface area contributed by atoms with Crippen LogP contribution < -0.4 is 4.74 Å². The monoisotopic (exact) mass is 357 g/mol. The number of likely N-dealkylation sites (tertiary alicyclic amines) is 1. The predicted molar refractivity (Wildman–Crippen MR) is 95.0 cm³/mol. The summed E-state index contributed by atoms with van der Waals surface area (Å²) in [6, 6.07) is 10.2. The number of hydrogen-bond acceptors (Lipinski definition) is 5. The predicted octanol–water partition coefficient (Wildman–Crippen LogP) is 3.41. The molecular formula is C19H19NO4S. The van der Waals surface area contributed by atoms with E-state index in [1.807, 2.05) is 17.5 Å². The zero-order valence-corrected chi connectivity index (χ0v) is 14.8. The van der Waals surface area contributed by atoms with Gasteiger partial charge in [-0.25, -0.2) is 0 Å². The molecule has 1 amide bonds. The van der Waals surface area contributed by atoms with Crippen molar-refractivity contribution in [3.8, 4) is 5.75 Å². The first-order valence-electron chi connectivity index (χ1n) is 8.20. The fourth-order valence-electron chi connectivity index (χ4n) is 2.83. The van der Waals surface area contributed by atoms with Crippen LogP contribution in [0.3, 0.4) is 0 Å². The highest BCUT2D eigenvalue weighted by Crippen LogP contribution is 2.23. The zero-order valence-electron chi connectivity index (χ0n) is 13.9. The molecule has 0 aliphatic carbocycles. The van der Waals surface area contributed by atoms with Gasteiger partial charge in [-0.3, -0.25) is 14.4 Å². The SMILES string of the molecule is CC(=O)c1ccc(OC(=O)C2CCN(C(=O)c3cccs3)CC2)cc1. The summed E-state index contributed by atoms with van der Waals surface area (Å²) in [6.07, 6.45) is 1.20. The van der Waals surface area contributed by atoms with Crippen molar-refractivity contribution in [2.24, 2.45) is 5.92 Å². The van der Waals surface area contributed by atoms with E-state index >= 15 is 0 Å². The van der Waals surface area contributed by atoms with Gasteiger partial charge in [-0.15, -0.1) is 11.3 Å². The number of ketones is 1. The maximum Gasteiger partial charge on any atom is 0.314 e. The maximum absolute atomic E-state index is 12.3. The van der Waals surface area contributed by atoms with Crippen LogP contribution in [0.1, 0.15) is 39.8 Å². The molecule has 3 rings (SSSR count). The van der Waals surface area contributed by atoms with Gasteiger partial charge in [0, 0.05) is 18.7 Å². The number of thiophene rings is 1. The number of Topliss-reactive ketones (excluding diaryl/α,β-unsaturated/α-hetero) is 1. The Kier molecular flexibility index (Phi) is 5.28. The van der Waals surface area contributed by atoms with E-state index in [0.717, 1.165) is 4.88 Å². The molecule has 0 N–H and O–H groups in total. The lowest BCUT2D eigenvalue weighted by Gasteiger charge is -2.30. The molecule has 1 aliphatic heterocycles. The van der Waals surface area contributed by atoms with Gasteiger partial charge in [0.05, 0.1) is 10.8 Å². The molecule has 0 radical (unpaired) electrons. The maximum atomic E-state index is 12.3. The summed E-state index contributed by atoms with van der Waals surface area (Å²) in [5, 5.41) is 1.88. The van der Waals surface area contributed by atoms with E-state index in [1.54, 1.807) is 29.2 Å². The number of ether oxygens (including phenoxy) is 1. The van der Waals surface area contributed by atoms with E-state index in [0.29, 0.717) is 37.2 Å². The largest absolute Gasteiger partial charge is 0.426 e. The van der Waals surface area contributed by atoms with E-state index in [2.05, 4.69) is 0 Å². The minimum atomic E-state index is -0.279. The van der Waals surface area contributed by atoms with E-state index in [1.165, 1.54) is 18.3 Å². The molecule has 0 atom stereocenters. The molecule has 2 aromatic rings. The second kappa shape index (κ2) is 7.61. The van der Waals surface area contributed by atoms with Crippen LogP contribution in [-0.4, -0.2) is 35.6 Å². The highest BCUT2D eigenvalue weighted by Gasteiger charge is 2.29. The zero-order chi connectivity index (χ0) is 17.8. The minimum Gasteiger partial charge on any atom is -0.426 e. The van der Waals surface area contributed by atoms with E-state index < -0.39 is 0 Å². The molecule has 1 aromatic carbocycles. The number of hydrogen-bond donors (Lipinski definition) is 0. The summed E-state index contributed by atoms with van der Waals surface area (Å²) in [5.74, 6) is -0.0481. The van der Waals surface area contributed by atoms with E-state index in [4.69, 9.17) is 4.74 Å². The first kappa shape index (κ1) is 17.4. The molecule has 0 saturated carbocycles. The lowest BCUT2D eigenvalue weighted by Crippen LogP contribution is -2.40. The van der Waals surface area contributed by atoms with Gasteiger partial charge in [0.25, 0.3) is 5.91 Å². The third-order valence-electron chi connectivity index (χ3n) is 4.33. The smallest absolute Gasteiger partial charge is 0.314 e. The second-order valence-electron chi connectivity index (χ2n) is 6.05. The summed E-state index contributed by atoms with van der Waals surface area (Å²) in [7, 11) is 0. The van der Waals surface area contributed by atoms with Crippen LogP contribution in [-0.2, 0) is 4.79 Å². The van der Waals surface area contributed by atoms with Gasteiger partial charge in [-0.05, 0) is 55.5 Å². The number of esters is 1. The summed E-state index contributed by atoms with van der Waals surface area (Å²) in [4.78, 5) is 38.4. The van der Waals surface area contributed by atoms with Crippen LogP contribution >= 0.6 is 11.3 Å². The number of nitrogens with zero attached hydrogens (tertiary/aromatic N) is 1. The fourth-order valence-corrected chi connectivity index (χ4v) is 3.52. The van der Waals surface area contributed by atoms with Crippen molar-refractivity contribution in [1.82, 2.24) is 4.90 Å². The van der Waals surface area contributed by atoms with Crippen molar-refractivity contribution < 1.29 is 19.1 Å². The molecule has 25 heavy (non-hydrogen) atoms. The minimum absolute atomic E-state index is 0.0272. The van der Waals surface area contributed by atoms with Crippen LogP contribution in [0.4, 0.5) is 0 Å². The third kappa shape index (κ3) is 4.14. The second-order valence-corrected chi connectivity index (χ2v) is 6.99. The topological polar surface area (TPSA) is 63.7 Å². The number of carbonyl (C=O) groups excluding carboxylic acids is 3. The molecule has 0 bridgehead atoms. The number of rotatable bonds is 4. The Morgan fingerprint density at radius 1 is 1.08 bits per heavy atom. The van der Waals surface area contributed by atoms with Crippen LogP contribution in [0.5, 0.6) is 5.75 Å². The Labute approximate surface area is 150 Å². The highest BCUT2D eigenvalue weighted by atomic mass is 32.1. The summed E-state index contributed by atoms with van der Waals surface area (Å²) >= 11 is 1.43. The molecular weight excluding hydrogens is 338 g/mol. The average Bonchev–Trinajstić information content (AvgIpc) is 3.16. The van der Waals surface area contributed by atoms with Crippen LogP contribution in [0, 0.1) is 5.92 Å². The van der Waals surface area contributed by atoms with Gasteiger partial charge in [0.15, 0.2) is 5.78 Å². The molecule has 5 nitrogen and oxygen atoms in total. The van der Waals surface area contributed by atoms with Gasteiger partial charge in [0.2, 0.25) is 0 Å². The summed E-state index contributed by atoms with van der Waals surface area (Å²) < 4.78 is 5.40. The van der Waals surface area contributed by atoms with Crippen molar-refractivity contribution in [2.75, 3.05) is 13.1 Å². The summed E-state index contributed by atoms with van der Waals surface area (Å²) in [5.41, 5.74) is 0.584. The molecule has 6 heteroatoms. The van der Waals surface area contributed by atoms with Gasteiger partial charge < -0.3 is 9.64 Å². The fraction of sp³-hybridized carbons (Fsp3) is 0.316. The first-order valence-corrected chi connectivity index (χ1v) is 9.08. The van der Waals surface area contributed by atoms with Gasteiger partial charge in [-0.1, -0.05) is 6.07 Å². The standard InChI is InChI=1S/C19H19NO4S/c1-13(21)14-4-6-16(7-5-14)24-19(23)15-8-10-20(11-9-15)18(22)17-3-2-12-25-17/h2-7,12,15H,8-11H2,1H3. The first-order chi connectivity index (χ1) is 12.0. The third-order valence-corrected chi connectivity index (χ3v) is 5.18. The quantitative estimate of drug-likeness (QED) is 0.478. The lowest BCUT2D eigenvalue weighted by atomic mass is 9.97. The lowest BCUT2D eigenvalue weighted by molar-refractivity contribution is -0.140. The van der Waals surface area contributed by atoms with E-state index in [-0.39, 0.29) is 23.6 Å². The Morgan fingerprint density at radius 3 is 2.32 bits per heavy atom. The Bertz CT molecular complexity index is 759. The van der Waals surface area contributed by atoms with Gasteiger partial charge >= 0.3 is 5.97 Å². The Hall–Kier alpha value is -2.47. The molecule has 0 unspecified atom stereocenters. The molecule has 2 heterocycles. The van der Waals surface area contributed by atoms with E-state index in [9.17, 15) is 14.4 Å². The van der Waals surface area contributed by atoms with Gasteiger partial charge in [0.1, 0.15) is 5.75 Å². The normalized spacial score (nSPS) is 15.0.